The van der Waals surface area contributed by atoms with Crippen molar-refractivity contribution in [2.24, 2.45) is 5.41 Å². The fourth-order valence-electron chi connectivity index (χ4n) is 3.91. The van der Waals surface area contributed by atoms with E-state index in [-0.39, 0.29) is 23.5 Å². The zero-order chi connectivity index (χ0) is 17.7. The molecule has 6 nitrogen and oxygen atoms in total. The number of nitrogens with zero attached hydrogens (tertiary/aromatic N) is 2. The Bertz CT molecular complexity index is 558. The van der Waals surface area contributed by atoms with E-state index in [1.807, 2.05) is 12.3 Å². The van der Waals surface area contributed by atoms with E-state index in [0.29, 0.717) is 6.54 Å². The molecular weight excluding hydrogens is 316 g/mol. The molecule has 2 aliphatic rings. The van der Waals surface area contributed by atoms with E-state index in [4.69, 9.17) is 4.74 Å². The lowest BCUT2D eigenvalue weighted by molar-refractivity contribution is 0.0166. The summed E-state index contributed by atoms with van der Waals surface area (Å²) in [4.78, 5) is 19.0. The number of ether oxygens (including phenoxy) is 1. The largest absolute Gasteiger partial charge is 0.379 e. The second kappa shape index (κ2) is 8.15. The van der Waals surface area contributed by atoms with Crippen molar-refractivity contribution < 1.29 is 9.53 Å². The number of rotatable bonds is 5. The van der Waals surface area contributed by atoms with Crippen LogP contribution in [-0.2, 0) is 4.74 Å². The van der Waals surface area contributed by atoms with Gasteiger partial charge in [0, 0.05) is 38.1 Å². The van der Waals surface area contributed by atoms with Crippen LogP contribution in [0.2, 0.25) is 0 Å². The molecular formula is C19H30N4O2. The van der Waals surface area contributed by atoms with Crippen LogP contribution in [-0.4, -0.2) is 54.8 Å². The van der Waals surface area contributed by atoms with Gasteiger partial charge in [0.15, 0.2) is 0 Å². The number of morpholine rings is 1. The first-order chi connectivity index (χ1) is 12.1. The number of carbonyl (C=O) groups excluding carboxylic acids is 1. The molecule has 2 amide bonds. The molecule has 0 spiro atoms. The molecule has 1 aromatic rings. The molecule has 0 bridgehead atoms. The van der Waals surface area contributed by atoms with Gasteiger partial charge in [-0.1, -0.05) is 26.3 Å². The number of urea groups is 1. The highest BCUT2D eigenvalue weighted by Crippen LogP contribution is 2.37. The lowest BCUT2D eigenvalue weighted by Gasteiger charge is -2.35. The van der Waals surface area contributed by atoms with Gasteiger partial charge >= 0.3 is 6.03 Å². The third-order valence-corrected chi connectivity index (χ3v) is 5.57. The molecule has 6 heteroatoms. The van der Waals surface area contributed by atoms with Gasteiger partial charge in [-0.15, -0.1) is 0 Å². The number of amides is 2. The molecule has 1 saturated heterocycles. The summed E-state index contributed by atoms with van der Waals surface area (Å²) in [6, 6.07) is 4.34. The van der Waals surface area contributed by atoms with E-state index in [1.54, 1.807) is 6.20 Å². The second-order valence-corrected chi connectivity index (χ2v) is 7.74. The highest BCUT2D eigenvalue weighted by atomic mass is 16.5. The molecule has 0 aromatic carbocycles. The highest BCUT2D eigenvalue weighted by molar-refractivity contribution is 5.74. The average Bonchev–Trinajstić information content (AvgIpc) is 2.95. The maximum absolute atomic E-state index is 12.4. The Morgan fingerprint density at radius 2 is 2.24 bits per heavy atom. The van der Waals surface area contributed by atoms with Gasteiger partial charge in [0.25, 0.3) is 0 Å². The molecule has 2 heterocycles. The van der Waals surface area contributed by atoms with Crippen LogP contribution in [0, 0.1) is 5.41 Å². The monoisotopic (exact) mass is 346 g/mol. The van der Waals surface area contributed by atoms with Crippen molar-refractivity contribution in [2.45, 2.75) is 45.2 Å². The van der Waals surface area contributed by atoms with Crippen molar-refractivity contribution in [1.82, 2.24) is 20.5 Å². The quantitative estimate of drug-likeness (QED) is 0.859. The molecule has 2 atom stereocenters. The minimum absolute atomic E-state index is 0.0675. The smallest absolute Gasteiger partial charge is 0.315 e. The van der Waals surface area contributed by atoms with E-state index >= 15 is 0 Å². The summed E-state index contributed by atoms with van der Waals surface area (Å²) in [5, 5.41) is 6.25. The zero-order valence-corrected chi connectivity index (χ0v) is 15.3. The Morgan fingerprint density at radius 3 is 2.88 bits per heavy atom. The Morgan fingerprint density at radius 1 is 1.44 bits per heavy atom. The maximum Gasteiger partial charge on any atom is 0.315 e. The van der Waals surface area contributed by atoms with Gasteiger partial charge in [-0.3, -0.25) is 9.88 Å². The molecule has 1 saturated carbocycles. The molecule has 0 radical (unpaired) electrons. The third kappa shape index (κ3) is 4.70. The Balaban J connectivity index is 1.59. The summed E-state index contributed by atoms with van der Waals surface area (Å²) in [6.45, 7) is 8.26. The first kappa shape index (κ1) is 18.1. The number of hydrogen-bond acceptors (Lipinski definition) is 4. The van der Waals surface area contributed by atoms with E-state index in [2.05, 4.69) is 40.4 Å². The van der Waals surface area contributed by atoms with Crippen LogP contribution in [0.15, 0.2) is 24.5 Å². The van der Waals surface area contributed by atoms with E-state index in [0.717, 1.165) is 38.3 Å². The van der Waals surface area contributed by atoms with E-state index < -0.39 is 0 Å². The summed E-state index contributed by atoms with van der Waals surface area (Å²) in [5.74, 6) is 0. The van der Waals surface area contributed by atoms with Crippen LogP contribution in [0.5, 0.6) is 0 Å². The molecule has 25 heavy (non-hydrogen) atoms. The van der Waals surface area contributed by atoms with Crippen LogP contribution >= 0.6 is 0 Å². The van der Waals surface area contributed by atoms with Crippen molar-refractivity contribution in [3.63, 3.8) is 0 Å². The first-order valence-corrected chi connectivity index (χ1v) is 9.32. The molecule has 2 N–H and O–H groups in total. The first-order valence-electron chi connectivity index (χ1n) is 9.32. The summed E-state index contributed by atoms with van der Waals surface area (Å²) in [5.41, 5.74) is 1.32. The minimum Gasteiger partial charge on any atom is -0.379 e. The number of nitrogens with one attached hydrogen (secondary N) is 2. The molecule has 2 unspecified atom stereocenters. The fourth-order valence-corrected chi connectivity index (χ4v) is 3.91. The Kier molecular flexibility index (Phi) is 5.91. The maximum atomic E-state index is 12.4. The summed E-state index contributed by atoms with van der Waals surface area (Å²) < 4.78 is 5.47. The van der Waals surface area contributed by atoms with Gasteiger partial charge in [-0.25, -0.2) is 4.79 Å². The topological polar surface area (TPSA) is 66.5 Å². The highest BCUT2D eigenvalue weighted by Gasteiger charge is 2.35. The lowest BCUT2D eigenvalue weighted by atomic mass is 9.87. The van der Waals surface area contributed by atoms with E-state index in [9.17, 15) is 4.79 Å². The second-order valence-electron chi connectivity index (χ2n) is 7.74. The third-order valence-electron chi connectivity index (χ3n) is 5.57. The number of carbonyl (C=O) groups is 1. The van der Waals surface area contributed by atoms with Crippen LogP contribution in [0.25, 0.3) is 0 Å². The fraction of sp³-hybridized carbons (Fsp3) is 0.684. The minimum atomic E-state index is -0.0675. The summed E-state index contributed by atoms with van der Waals surface area (Å²) >= 11 is 0. The predicted octanol–water partition coefficient (Wildman–Crippen LogP) is 2.33. The van der Waals surface area contributed by atoms with E-state index in [1.165, 1.54) is 12.8 Å². The lowest BCUT2D eigenvalue weighted by Crippen LogP contribution is -2.49. The standard InChI is InChI=1S/C19H30N4O2/c1-19(2)7-3-6-17(19)22-18(24)21-14-16(15-5-4-8-20-13-15)23-9-11-25-12-10-23/h4-5,8,13,16-17H,3,6-7,9-12,14H2,1-2H3,(H2,21,22,24). The molecule has 1 aliphatic heterocycles. The average molecular weight is 346 g/mol. The number of aromatic nitrogens is 1. The van der Waals surface area contributed by atoms with Gasteiger partial charge in [-0.2, -0.15) is 0 Å². The van der Waals surface area contributed by atoms with Gasteiger partial charge in [0.2, 0.25) is 0 Å². The van der Waals surface area contributed by atoms with Crippen molar-refractivity contribution in [2.75, 3.05) is 32.8 Å². The van der Waals surface area contributed by atoms with Crippen LogP contribution in [0.1, 0.15) is 44.7 Å². The van der Waals surface area contributed by atoms with Crippen molar-refractivity contribution in [3.8, 4) is 0 Å². The number of hydrogen-bond donors (Lipinski definition) is 2. The van der Waals surface area contributed by atoms with Gasteiger partial charge in [-0.05, 0) is 29.9 Å². The van der Waals surface area contributed by atoms with Crippen LogP contribution in [0.4, 0.5) is 4.79 Å². The molecule has 3 rings (SSSR count). The summed E-state index contributed by atoms with van der Waals surface area (Å²) in [7, 11) is 0. The zero-order valence-electron chi connectivity index (χ0n) is 15.3. The summed E-state index contributed by atoms with van der Waals surface area (Å²) in [6.07, 6.45) is 7.09. The Labute approximate surface area is 150 Å². The van der Waals surface area contributed by atoms with Crippen molar-refractivity contribution in [1.29, 1.82) is 0 Å². The number of pyridine rings is 1. The molecule has 138 valence electrons. The van der Waals surface area contributed by atoms with Crippen LogP contribution in [0.3, 0.4) is 0 Å². The predicted molar refractivity (Wildman–Crippen MR) is 97.3 cm³/mol. The van der Waals surface area contributed by atoms with Crippen molar-refractivity contribution in [3.05, 3.63) is 30.1 Å². The molecule has 1 aliphatic carbocycles. The van der Waals surface area contributed by atoms with Gasteiger partial charge in [0.1, 0.15) is 0 Å². The Hall–Kier alpha value is -1.66. The van der Waals surface area contributed by atoms with Crippen LogP contribution < -0.4 is 10.6 Å². The van der Waals surface area contributed by atoms with Gasteiger partial charge in [0.05, 0.1) is 19.3 Å². The molecule has 1 aromatic heterocycles. The SMILES string of the molecule is CC1(C)CCCC1NC(=O)NCC(c1cccnc1)N1CCOCC1. The normalized spacial score (nSPS) is 24.6. The van der Waals surface area contributed by atoms with Crippen molar-refractivity contribution >= 4 is 6.03 Å². The molecule has 2 fully saturated rings. The van der Waals surface area contributed by atoms with Gasteiger partial charge < -0.3 is 15.4 Å².